The Balaban J connectivity index is 1.95. The van der Waals surface area contributed by atoms with Crippen molar-refractivity contribution in [3.63, 3.8) is 0 Å². The number of hydrogen-bond acceptors (Lipinski definition) is 6. The molecule has 0 saturated carbocycles. The minimum Gasteiger partial charge on any atom is -0.597 e. The first-order valence-corrected chi connectivity index (χ1v) is 11.1. The molecule has 3 aromatic rings. The first kappa shape index (κ1) is 22.4. The summed E-state index contributed by atoms with van der Waals surface area (Å²) in [5.41, 5.74) is 0.820. The van der Waals surface area contributed by atoms with Crippen LogP contribution in [0.25, 0.3) is 10.9 Å². The van der Waals surface area contributed by atoms with Gasteiger partial charge < -0.3 is 9.66 Å². The molecule has 0 bridgehead atoms. The Morgan fingerprint density at radius 2 is 2.03 bits per heavy atom. The summed E-state index contributed by atoms with van der Waals surface area (Å²) in [6.07, 6.45) is -0.135. The number of halogens is 1. The summed E-state index contributed by atoms with van der Waals surface area (Å²) in [5.74, 6) is -1.04. The van der Waals surface area contributed by atoms with Crippen molar-refractivity contribution in [1.82, 2.24) is 13.9 Å². The SMILES string of the molecule is C[C@@H](c1csc(C(=O)c2cn(C(=O)O)c3cc(F)ccc23)n1)N(C)[S+]([O-])C(C)(C)C. The largest absolute Gasteiger partial charge is 0.597 e. The molecule has 1 N–H and O–H groups in total. The number of hydrogen-bond donors (Lipinski definition) is 1. The molecule has 1 aromatic carbocycles. The summed E-state index contributed by atoms with van der Waals surface area (Å²) in [6, 6.07) is 3.34. The second kappa shape index (κ2) is 8.10. The molecule has 3 rings (SSSR count). The smallest absolute Gasteiger partial charge is 0.416 e. The zero-order valence-electron chi connectivity index (χ0n) is 17.2. The van der Waals surface area contributed by atoms with Gasteiger partial charge in [-0.05, 0) is 45.9 Å². The highest BCUT2D eigenvalue weighted by atomic mass is 32.2. The van der Waals surface area contributed by atoms with Crippen LogP contribution in [0.1, 0.15) is 54.8 Å². The molecule has 7 nitrogen and oxygen atoms in total. The molecule has 30 heavy (non-hydrogen) atoms. The van der Waals surface area contributed by atoms with Crippen molar-refractivity contribution in [3.05, 3.63) is 51.9 Å². The van der Waals surface area contributed by atoms with Crippen LogP contribution in [0.4, 0.5) is 9.18 Å². The van der Waals surface area contributed by atoms with Crippen LogP contribution < -0.4 is 0 Å². The van der Waals surface area contributed by atoms with E-state index in [1.54, 1.807) is 16.7 Å². The number of carbonyl (C=O) groups is 2. The maximum Gasteiger partial charge on any atom is 0.416 e. The lowest BCUT2D eigenvalue weighted by atomic mass is 10.1. The van der Waals surface area contributed by atoms with Crippen LogP contribution in [0.3, 0.4) is 0 Å². The monoisotopic (exact) mass is 451 g/mol. The average Bonchev–Trinajstić information content (AvgIpc) is 3.29. The normalized spacial score (nSPS) is 14.3. The molecular weight excluding hydrogens is 429 g/mol. The Morgan fingerprint density at radius 3 is 2.63 bits per heavy atom. The van der Waals surface area contributed by atoms with Crippen LogP contribution in [0.15, 0.2) is 29.8 Å². The van der Waals surface area contributed by atoms with Crippen LogP contribution in [-0.2, 0) is 11.4 Å². The molecule has 2 heterocycles. The van der Waals surface area contributed by atoms with Gasteiger partial charge in [-0.1, -0.05) is 0 Å². The fourth-order valence-electron chi connectivity index (χ4n) is 3.00. The van der Waals surface area contributed by atoms with E-state index >= 15 is 0 Å². The molecule has 0 aliphatic rings. The standard InChI is InChI=1S/C20H22FN3O4S2/c1-11(23(5)30(28)20(2,3)4)15-10-29-18(22-15)17(25)14-9-24(19(26)27)16-8-12(21)6-7-13(14)16/h6-11H,1-5H3,(H,26,27)/t11-,30?/m0/s1. The van der Waals surface area contributed by atoms with Gasteiger partial charge in [-0.15, -0.1) is 15.6 Å². The third-order valence-corrected chi connectivity index (χ3v) is 7.44. The molecule has 1 unspecified atom stereocenters. The van der Waals surface area contributed by atoms with E-state index in [1.807, 2.05) is 27.7 Å². The van der Waals surface area contributed by atoms with Crippen LogP contribution in [0.2, 0.25) is 0 Å². The maximum absolute atomic E-state index is 13.6. The number of benzene rings is 1. The summed E-state index contributed by atoms with van der Waals surface area (Å²) in [6.45, 7) is 7.49. The molecule has 0 fully saturated rings. The number of carbonyl (C=O) groups excluding carboxylic acids is 1. The number of fused-ring (bicyclic) bond motifs is 1. The summed E-state index contributed by atoms with van der Waals surface area (Å²) in [4.78, 5) is 29.0. The Labute approximate surface area is 180 Å². The van der Waals surface area contributed by atoms with Crippen molar-refractivity contribution in [2.24, 2.45) is 0 Å². The number of carboxylic acid groups (broad SMARTS) is 1. The third-order valence-electron chi connectivity index (χ3n) is 4.69. The van der Waals surface area contributed by atoms with Gasteiger partial charge >= 0.3 is 6.09 Å². The number of ketones is 1. The van der Waals surface area contributed by atoms with Crippen molar-refractivity contribution < 1.29 is 23.6 Å². The van der Waals surface area contributed by atoms with Gasteiger partial charge in [0.1, 0.15) is 10.6 Å². The lowest BCUT2D eigenvalue weighted by Crippen LogP contribution is -2.42. The third kappa shape index (κ3) is 4.13. The van der Waals surface area contributed by atoms with Gasteiger partial charge in [0.15, 0.2) is 5.01 Å². The molecule has 2 atom stereocenters. The van der Waals surface area contributed by atoms with Gasteiger partial charge in [0, 0.05) is 35.4 Å². The van der Waals surface area contributed by atoms with E-state index in [2.05, 4.69) is 4.98 Å². The molecule has 0 spiro atoms. The molecule has 10 heteroatoms. The minimum absolute atomic E-state index is 0.0938. The first-order chi connectivity index (χ1) is 13.9. The molecule has 0 aliphatic heterocycles. The van der Waals surface area contributed by atoms with Crippen molar-refractivity contribution in [2.45, 2.75) is 38.5 Å². The fraction of sp³-hybridized carbons (Fsp3) is 0.350. The molecule has 0 radical (unpaired) electrons. The second-order valence-electron chi connectivity index (χ2n) is 7.85. The zero-order chi connectivity index (χ0) is 22.4. The molecule has 0 amide bonds. The summed E-state index contributed by atoms with van der Waals surface area (Å²) >= 11 is -0.134. The number of thiazole rings is 1. The number of nitrogens with zero attached hydrogens (tertiary/aromatic N) is 3. The summed E-state index contributed by atoms with van der Waals surface area (Å²) < 4.78 is 28.3. The highest BCUT2D eigenvalue weighted by Gasteiger charge is 2.35. The van der Waals surface area contributed by atoms with E-state index in [4.69, 9.17) is 0 Å². The predicted molar refractivity (Wildman–Crippen MR) is 115 cm³/mol. The van der Waals surface area contributed by atoms with E-state index in [0.717, 1.165) is 22.0 Å². The van der Waals surface area contributed by atoms with Gasteiger partial charge in [0.2, 0.25) is 5.78 Å². The second-order valence-corrected chi connectivity index (χ2v) is 11.0. The quantitative estimate of drug-likeness (QED) is 0.455. The Kier molecular flexibility index (Phi) is 6.06. The van der Waals surface area contributed by atoms with Gasteiger partial charge in [-0.3, -0.25) is 9.36 Å². The zero-order valence-corrected chi connectivity index (χ0v) is 18.8. The minimum atomic E-state index is -1.32. The van der Waals surface area contributed by atoms with Crippen molar-refractivity contribution >= 4 is 45.5 Å². The van der Waals surface area contributed by atoms with Crippen molar-refractivity contribution in [2.75, 3.05) is 7.05 Å². The summed E-state index contributed by atoms with van der Waals surface area (Å²) in [5, 5.41) is 11.6. The number of aromatic nitrogens is 2. The van der Waals surface area contributed by atoms with Crippen LogP contribution in [-0.4, -0.2) is 47.2 Å². The van der Waals surface area contributed by atoms with Gasteiger partial charge in [0.05, 0.1) is 22.8 Å². The van der Waals surface area contributed by atoms with E-state index in [1.165, 1.54) is 18.3 Å². The lowest BCUT2D eigenvalue weighted by molar-refractivity contribution is 0.103. The Hall–Kier alpha value is -2.27. The van der Waals surface area contributed by atoms with Crippen LogP contribution >= 0.6 is 11.3 Å². The molecule has 160 valence electrons. The van der Waals surface area contributed by atoms with Crippen LogP contribution in [0, 0.1) is 5.82 Å². The fourth-order valence-corrected chi connectivity index (χ4v) is 5.11. The van der Waals surface area contributed by atoms with Crippen molar-refractivity contribution in [1.29, 1.82) is 0 Å². The molecular formula is C20H22FN3O4S2. The Morgan fingerprint density at radius 1 is 1.37 bits per heavy atom. The predicted octanol–water partition coefficient (Wildman–Crippen LogP) is 4.45. The molecule has 2 aromatic heterocycles. The summed E-state index contributed by atoms with van der Waals surface area (Å²) in [7, 11) is 1.74. The topological polar surface area (TPSA) is 98.5 Å². The number of rotatable bonds is 5. The van der Waals surface area contributed by atoms with E-state index < -0.39 is 33.8 Å². The van der Waals surface area contributed by atoms with E-state index in [9.17, 15) is 23.6 Å². The van der Waals surface area contributed by atoms with Crippen molar-refractivity contribution in [3.8, 4) is 0 Å². The maximum atomic E-state index is 13.6. The molecule has 0 saturated heterocycles. The van der Waals surface area contributed by atoms with Crippen LogP contribution in [0.5, 0.6) is 0 Å². The van der Waals surface area contributed by atoms with E-state index in [0.29, 0.717) is 11.1 Å². The van der Waals surface area contributed by atoms with Gasteiger partial charge in [-0.2, -0.15) is 0 Å². The average molecular weight is 452 g/mol. The van der Waals surface area contributed by atoms with E-state index in [-0.39, 0.29) is 22.1 Å². The highest BCUT2D eigenvalue weighted by molar-refractivity contribution is 7.90. The first-order valence-electron chi connectivity index (χ1n) is 9.10. The van der Waals surface area contributed by atoms with Gasteiger partial charge in [-0.25, -0.2) is 14.2 Å². The lowest BCUT2D eigenvalue weighted by Gasteiger charge is -2.32. The Bertz CT molecular complexity index is 1120. The van der Waals surface area contributed by atoms with Gasteiger partial charge in [0.25, 0.3) is 0 Å². The molecule has 0 aliphatic carbocycles. The highest BCUT2D eigenvalue weighted by Crippen LogP contribution is 2.30.